The minimum absolute atomic E-state index is 0.0671. The summed E-state index contributed by atoms with van der Waals surface area (Å²) in [6.45, 7) is 2.03. The van der Waals surface area contributed by atoms with E-state index < -0.39 is 12.0 Å². The summed E-state index contributed by atoms with van der Waals surface area (Å²) in [5.74, 6) is -1.04. The van der Waals surface area contributed by atoms with Gasteiger partial charge in [-0.15, -0.1) is 0 Å². The second-order valence-electron chi connectivity index (χ2n) is 2.92. The summed E-state index contributed by atoms with van der Waals surface area (Å²) in [6.07, 6.45) is 1.93. The van der Waals surface area contributed by atoms with Gasteiger partial charge in [0.2, 0.25) is 5.91 Å². The number of rotatable bonds is 6. The molecule has 0 spiro atoms. The van der Waals surface area contributed by atoms with Gasteiger partial charge in [-0.1, -0.05) is 0 Å². The van der Waals surface area contributed by atoms with Crippen molar-refractivity contribution >= 4 is 11.9 Å². The van der Waals surface area contributed by atoms with Gasteiger partial charge in [0, 0.05) is 13.5 Å². The van der Waals surface area contributed by atoms with Gasteiger partial charge in [-0.2, -0.15) is 0 Å². The van der Waals surface area contributed by atoms with Gasteiger partial charge in [-0.3, -0.25) is 9.59 Å². The molecule has 0 rings (SSSR count). The lowest BCUT2D eigenvalue weighted by Gasteiger charge is -2.05. The number of amides is 1. The fraction of sp³-hybridized carbons (Fsp3) is 0.750. The zero-order valence-electron chi connectivity index (χ0n) is 7.75. The molecule has 0 unspecified atom stereocenters. The van der Waals surface area contributed by atoms with E-state index in [-0.39, 0.29) is 5.91 Å². The average Bonchev–Trinajstić information content (AvgIpc) is 2.02. The SMILES string of the molecule is CC(=O)NCCCC[C@H](N)C(=O)O. The number of carbonyl (C=O) groups excluding carboxylic acids is 1. The van der Waals surface area contributed by atoms with E-state index in [1.807, 2.05) is 0 Å². The summed E-state index contributed by atoms with van der Waals surface area (Å²) in [5.41, 5.74) is 5.27. The van der Waals surface area contributed by atoms with E-state index in [1.54, 1.807) is 0 Å². The Morgan fingerprint density at radius 2 is 2.08 bits per heavy atom. The third-order valence-electron chi connectivity index (χ3n) is 1.63. The Bertz CT molecular complexity index is 182. The van der Waals surface area contributed by atoms with Crippen LogP contribution in [0.4, 0.5) is 0 Å². The highest BCUT2D eigenvalue weighted by Crippen LogP contribution is 1.97. The molecule has 5 heteroatoms. The topological polar surface area (TPSA) is 92.4 Å². The third-order valence-corrected chi connectivity index (χ3v) is 1.63. The highest BCUT2D eigenvalue weighted by molar-refractivity contribution is 5.73. The monoisotopic (exact) mass is 188 g/mol. The lowest BCUT2D eigenvalue weighted by Crippen LogP contribution is -2.30. The first-order chi connectivity index (χ1) is 6.04. The number of aliphatic carboxylic acids is 1. The van der Waals surface area contributed by atoms with Gasteiger partial charge < -0.3 is 16.2 Å². The van der Waals surface area contributed by atoms with Crippen LogP contribution in [0.1, 0.15) is 26.2 Å². The molecule has 0 aliphatic rings. The van der Waals surface area contributed by atoms with Crippen LogP contribution in [0.25, 0.3) is 0 Å². The van der Waals surface area contributed by atoms with Crippen molar-refractivity contribution in [1.82, 2.24) is 5.32 Å². The first-order valence-electron chi connectivity index (χ1n) is 4.27. The quantitative estimate of drug-likeness (QED) is 0.499. The summed E-state index contributed by atoms with van der Waals surface area (Å²) >= 11 is 0. The fourth-order valence-corrected chi connectivity index (χ4v) is 0.877. The lowest BCUT2D eigenvalue weighted by atomic mass is 10.1. The van der Waals surface area contributed by atoms with Gasteiger partial charge in [0.15, 0.2) is 0 Å². The summed E-state index contributed by atoms with van der Waals surface area (Å²) < 4.78 is 0. The molecular formula is C8H16N2O3. The summed E-state index contributed by atoms with van der Waals surface area (Å²) in [5, 5.41) is 11.1. The molecule has 0 saturated carbocycles. The Balaban J connectivity index is 3.26. The van der Waals surface area contributed by atoms with E-state index >= 15 is 0 Å². The van der Waals surface area contributed by atoms with E-state index in [0.717, 1.165) is 6.42 Å². The largest absolute Gasteiger partial charge is 0.480 e. The molecule has 0 heterocycles. The Morgan fingerprint density at radius 3 is 2.54 bits per heavy atom. The second kappa shape index (κ2) is 6.42. The summed E-state index contributed by atoms with van der Waals surface area (Å²) in [4.78, 5) is 20.7. The third kappa shape index (κ3) is 7.27. The molecule has 0 saturated heterocycles. The number of nitrogens with two attached hydrogens (primary N) is 1. The number of nitrogens with one attached hydrogen (secondary N) is 1. The molecule has 0 aromatic rings. The fourth-order valence-electron chi connectivity index (χ4n) is 0.877. The minimum atomic E-state index is -0.973. The second-order valence-corrected chi connectivity index (χ2v) is 2.92. The number of carbonyl (C=O) groups is 2. The Kier molecular flexibility index (Phi) is 5.88. The Labute approximate surface area is 77.3 Å². The molecular weight excluding hydrogens is 172 g/mol. The first kappa shape index (κ1) is 11.9. The predicted molar refractivity (Wildman–Crippen MR) is 48.1 cm³/mol. The number of hydrogen-bond acceptors (Lipinski definition) is 3. The maximum atomic E-state index is 10.4. The van der Waals surface area contributed by atoms with E-state index in [9.17, 15) is 9.59 Å². The van der Waals surface area contributed by atoms with Crippen molar-refractivity contribution in [3.63, 3.8) is 0 Å². The van der Waals surface area contributed by atoms with E-state index in [2.05, 4.69) is 5.32 Å². The maximum Gasteiger partial charge on any atom is 0.320 e. The molecule has 0 radical (unpaired) electrons. The van der Waals surface area contributed by atoms with Crippen LogP contribution in [-0.2, 0) is 9.59 Å². The molecule has 0 aliphatic heterocycles. The number of hydrogen-bond donors (Lipinski definition) is 3. The van der Waals surface area contributed by atoms with Crippen LogP contribution in [0, 0.1) is 0 Å². The van der Waals surface area contributed by atoms with Crippen molar-refractivity contribution < 1.29 is 14.7 Å². The maximum absolute atomic E-state index is 10.4. The molecule has 13 heavy (non-hydrogen) atoms. The van der Waals surface area contributed by atoms with Crippen LogP contribution in [0.5, 0.6) is 0 Å². The van der Waals surface area contributed by atoms with Gasteiger partial charge >= 0.3 is 5.97 Å². The van der Waals surface area contributed by atoms with Crippen molar-refractivity contribution in [3.05, 3.63) is 0 Å². The van der Waals surface area contributed by atoms with Crippen LogP contribution in [0.3, 0.4) is 0 Å². The van der Waals surface area contributed by atoms with Crippen molar-refractivity contribution in [2.24, 2.45) is 5.73 Å². The predicted octanol–water partition coefficient (Wildman–Crippen LogP) is -0.295. The number of carboxylic acid groups (broad SMARTS) is 1. The van der Waals surface area contributed by atoms with Gasteiger partial charge in [-0.05, 0) is 19.3 Å². The van der Waals surface area contributed by atoms with Crippen molar-refractivity contribution in [3.8, 4) is 0 Å². The Morgan fingerprint density at radius 1 is 1.46 bits per heavy atom. The number of unbranched alkanes of at least 4 members (excludes halogenated alkanes) is 1. The molecule has 0 aromatic heterocycles. The van der Waals surface area contributed by atoms with E-state index in [1.165, 1.54) is 6.92 Å². The normalized spacial score (nSPS) is 12.2. The Hall–Kier alpha value is -1.10. The minimum Gasteiger partial charge on any atom is -0.480 e. The summed E-state index contributed by atoms with van der Waals surface area (Å²) in [7, 11) is 0. The molecule has 4 N–H and O–H groups in total. The smallest absolute Gasteiger partial charge is 0.320 e. The van der Waals surface area contributed by atoms with E-state index in [4.69, 9.17) is 10.8 Å². The molecule has 0 fully saturated rings. The van der Waals surface area contributed by atoms with Crippen molar-refractivity contribution in [1.29, 1.82) is 0 Å². The first-order valence-corrected chi connectivity index (χ1v) is 4.27. The summed E-state index contributed by atoms with van der Waals surface area (Å²) in [6, 6.07) is -0.780. The van der Waals surface area contributed by atoms with Crippen LogP contribution in [-0.4, -0.2) is 29.6 Å². The van der Waals surface area contributed by atoms with Gasteiger partial charge in [0.1, 0.15) is 6.04 Å². The van der Waals surface area contributed by atoms with Gasteiger partial charge in [0.05, 0.1) is 0 Å². The molecule has 0 bridgehead atoms. The number of carboxylic acids is 1. The molecule has 5 nitrogen and oxygen atoms in total. The average molecular weight is 188 g/mol. The molecule has 1 atom stereocenters. The lowest BCUT2D eigenvalue weighted by molar-refractivity contribution is -0.138. The van der Waals surface area contributed by atoms with Crippen molar-refractivity contribution in [2.75, 3.05) is 6.54 Å². The van der Waals surface area contributed by atoms with Gasteiger partial charge in [-0.25, -0.2) is 0 Å². The van der Waals surface area contributed by atoms with Gasteiger partial charge in [0.25, 0.3) is 0 Å². The molecule has 0 aromatic carbocycles. The molecule has 1 amide bonds. The highest BCUT2D eigenvalue weighted by Gasteiger charge is 2.09. The van der Waals surface area contributed by atoms with Crippen LogP contribution in [0.15, 0.2) is 0 Å². The van der Waals surface area contributed by atoms with E-state index in [0.29, 0.717) is 19.4 Å². The molecule has 76 valence electrons. The van der Waals surface area contributed by atoms with Crippen LogP contribution in [0.2, 0.25) is 0 Å². The van der Waals surface area contributed by atoms with Crippen LogP contribution < -0.4 is 11.1 Å². The standard InChI is InChI=1S/C8H16N2O3/c1-6(11)10-5-3-2-4-7(9)8(12)13/h7H,2-5,9H2,1H3,(H,10,11)(H,12,13)/t7-/m0/s1. The zero-order valence-corrected chi connectivity index (χ0v) is 7.75. The molecule has 0 aliphatic carbocycles. The zero-order chi connectivity index (χ0) is 10.3. The van der Waals surface area contributed by atoms with Crippen molar-refractivity contribution in [2.45, 2.75) is 32.2 Å². The highest BCUT2D eigenvalue weighted by atomic mass is 16.4. The van der Waals surface area contributed by atoms with Crippen LogP contribution >= 0.6 is 0 Å².